The van der Waals surface area contributed by atoms with Crippen LogP contribution in [0.1, 0.15) is 19.8 Å². The predicted octanol–water partition coefficient (Wildman–Crippen LogP) is 0.699. The van der Waals surface area contributed by atoms with E-state index in [1.807, 2.05) is 6.07 Å². The minimum Gasteiger partial charge on any atom is -0.337 e. The molecule has 1 amide bonds. The van der Waals surface area contributed by atoms with Crippen LogP contribution >= 0.6 is 0 Å². The van der Waals surface area contributed by atoms with Gasteiger partial charge in [-0.3, -0.25) is 10.1 Å². The zero-order chi connectivity index (χ0) is 12.4. The highest BCUT2D eigenvalue weighted by Gasteiger charge is 2.44. The van der Waals surface area contributed by atoms with Crippen molar-refractivity contribution >= 4 is 5.91 Å². The molecule has 1 aliphatic carbocycles. The lowest BCUT2D eigenvalue weighted by atomic mass is 10.3. The van der Waals surface area contributed by atoms with Gasteiger partial charge in [0.05, 0.1) is 12.6 Å². The fourth-order valence-corrected chi connectivity index (χ4v) is 1.06. The van der Waals surface area contributed by atoms with Crippen LogP contribution in [0.5, 0.6) is 0 Å². The zero-order valence-electron chi connectivity index (χ0n) is 8.69. The van der Waals surface area contributed by atoms with Crippen LogP contribution in [0, 0.1) is 11.3 Å². The molecular formula is C9H12F3N3O. The lowest BCUT2D eigenvalue weighted by Gasteiger charge is -2.17. The number of carbonyl (C=O) groups is 1. The summed E-state index contributed by atoms with van der Waals surface area (Å²) >= 11 is 0. The van der Waals surface area contributed by atoms with E-state index in [2.05, 4.69) is 10.6 Å². The van der Waals surface area contributed by atoms with Gasteiger partial charge in [-0.2, -0.15) is 18.4 Å². The standard InChI is InChI=1S/C9H12F3N3O/c1-6(9(10,11)12)14-4-7(16)15-8(5-13)2-3-8/h6,14H,2-4H2,1H3,(H,15,16). The van der Waals surface area contributed by atoms with Crippen molar-refractivity contribution in [2.24, 2.45) is 0 Å². The van der Waals surface area contributed by atoms with Crippen molar-refractivity contribution in [3.05, 3.63) is 0 Å². The molecule has 1 rings (SSSR count). The maximum absolute atomic E-state index is 12.1. The summed E-state index contributed by atoms with van der Waals surface area (Å²) in [5.41, 5.74) is -0.833. The van der Waals surface area contributed by atoms with Crippen molar-refractivity contribution in [3.8, 4) is 6.07 Å². The van der Waals surface area contributed by atoms with Gasteiger partial charge in [0.2, 0.25) is 5.91 Å². The molecule has 16 heavy (non-hydrogen) atoms. The summed E-state index contributed by atoms with van der Waals surface area (Å²) in [6.07, 6.45) is -3.25. The Hall–Kier alpha value is -1.29. The van der Waals surface area contributed by atoms with Gasteiger partial charge in [0.1, 0.15) is 11.6 Å². The first-order valence-corrected chi connectivity index (χ1v) is 4.81. The quantitative estimate of drug-likeness (QED) is 0.753. The fraction of sp³-hybridized carbons (Fsp3) is 0.778. The second-order valence-corrected chi connectivity index (χ2v) is 3.89. The van der Waals surface area contributed by atoms with E-state index in [1.54, 1.807) is 0 Å². The Labute approximate surface area is 90.8 Å². The summed E-state index contributed by atoms with van der Waals surface area (Å²) in [6, 6.07) is 0.179. The Kier molecular flexibility index (Phi) is 3.43. The molecule has 0 aliphatic heterocycles. The molecule has 7 heteroatoms. The van der Waals surface area contributed by atoms with Crippen LogP contribution in [0.2, 0.25) is 0 Å². The molecular weight excluding hydrogens is 223 g/mol. The van der Waals surface area contributed by atoms with Crippen LogP contribution in [0.15, 0.2) is 0 Å². The number of nitriles is 1. The molecule has 4 nitrogen and oxygen atoms in total. The molecule has 1 unspecified atom stereocenters. The smallest absolute Gasteiger partial charge is 0.337 e. The topological polar surface area (TPSA) is 64.9 Å². The highest BCUT2D eigenvalue weighted by molar-refractivity contribution is 5.79. The van der Waals surface area contributed by atoms with Crippen molar-refractivity contribution in [3.63, 3.8) is 0 Å². The van der Waals surface area contributed by atoms with Gasteiger partial charge >= 0.3 is 6.18 Å². The minimum atomic E-state index is -4.37. The van der Waals surface area contributed by atoms with E-state index in [4.69, 9.17) is 5.26 Å². The summed E-state index contributed by atoms with van der Waals surface area (Å²) in [6.45, 7) is 0.495. The summed E-state index contributed by atoms with van der Waals surface area (Å²) in [7, 11) is 0. The molecule has 1 saturated carbocycles. The van der Waals surface area contributed by atoms with Gasteiger partial charge in [-0.15, -0.1) is 0 Å². The first kappa shape index (κ1) is 12.8. The summed E-state index contributed by atoms with van der Waals surface area (Å²) in [5, 5.41) is 13.1. The van der Waals surface area contributed by atoms with Gasteiger partial charge in [-0.05, 0) is 19.8 Å². The lowest BCUT2D eigenvalue weighted by molar-refractivity contribution is -0.152. The van der Waals surface area contributed by atoms with E-state index in [0.717, 1.165) is 6.92 Å². The van der Waals surface area contributed by atoms with Crippen molar-refractivity contribution < 1.29 is 18.0 Å². The van der Waals surface area contributed by atoms with Crippen LogP contribution in [0.3, 0.4) is 0 Å². The van der Waals surface area contributed by atoms with Crippen LogP contribution in [-0.2, 0) is 4.79 Å². The van der Waals surface area contributed by atoms with Crippen LogP contribution < -0.4 is 10.6 Å². The van der Waals surface area contributed by atoms with Crippen LogP contribution in [0.4, 0.5) is 13.2 Å². The van der Waals surface area contributed by atoms with E-state index < -0.39 is 30.2 Å². The Morgan fingerprint density at radius 2 is 2.12 bits per heavy atom. The third-order valence-electron chi connectivity index (χ3n) is 2.40. The van der Waals surface area contributed by atoms with Crippen molar-refractivity contribution in [1.82, 2.24) is 10.6 Å². The van der Waals surface area contributed by atoms with Crippen molar-refractivity contribution in [2.45, 2.75) is 37.5 Å². The fourth-order valence-electron chi connectivity index (χ4n) is 1.06. The van der Waals surface area contributed by atoms with E-state index in [0.29, 0.717) is 12.8 Å². The molecule has 0 aromatic heterocycles. The largest absolute Gasteiger partial charge is 0.403 e. The number of amides is 1. The Morgan fingerprint density at radius 1 is 1.56 bits per heavy atom. The minimum absolute atomic E-state index is 0.440. The van der Waals surface area contributed by atoms with E-state index in [-0.39, 0.29) is 0 Å². The average Bonchev–Trinajstić information content (AvgIpc) is 2.93. The Bertz CT molecular complexity index is 317. The molecule has 0 radical (unpaired) electrons. The molecule has 0 heterocycles. The molecule has 0 saturated heterocycles. The van der Waals surface area contributed by atoms with Gasteiger partial charge in [0, 0.05) is 0 Å². The molecule has 1 aliphatic rings. The number of nitrogens with one attached hydrogen (secondary N) is 2. The van der Waals surface area contributed by atoms with Gasteiger partial charge in [-0.1, -0.05) is 0 Å². The van der Waals surface area contributed by atoms with Gasteiger partial charge in [-0.25, -0.2) is 0 Å². The maximum atomic E-state index is 12.1. The SMILES string of the molecule is CC(NCC(=O)NC1(C#N)CC1)C(F)(F)F. The van der Waals surface area contributed by atoms with Gasteiger partial charge in [0.15, 0.2) is 0 Å². The van der Waals surface area contributed by atoms with E-state index in [1.165, 1.54) is 0 Å². The molecule has 1 atom stereocenters. The predicted molar refractivity (Wildman–Crippen MR) is 49.2 cm³/mol. The van der Waals surface area contributed by atoms with Gasteiger partial charge < -0.3 is 5.32 Å². The number of nitrogens with zero attached hydrogens (tertiary/aromatic N) is 1. The van der Waals surface area contributed by atoms with Crippen molar-refractivity contribution in [2.75, 3.05) is 6.54 Å². The Balaban J connectivity index is 2.29. The molecule has 2 N–H and O–H groups in total. The average molecular weight is 235 g/mol. The normalized spacial score (nSPS) is 19.7. The summed E-state index contributed by atoms with van der Waals surface area (Å²) in [4.78, 5) is 11.2. The highest BCUT2D eigenvalue weighted by atomic mass is 19.4. The van der Waals surface area contributed by atoms with Crippen LogP contribution in [0.25, 0.3) is 0 Å². The lowest BCUT2D eigenvalue weighted by Crippen LogP contribution is -2.47. The molecule has 0 bridgehead atoms. The molecule has 0 aromatic carbocycles. The third-order valence-corrected chi connectivity index (χ3v) is 2.40. The first-order chi connectivity index (χ1) is 7.29. The van der Waals surface area contributed by atoms with Gasteiger partial charge in [0.25, 0.3) is 0 Å². The number of carbonyl (C=O) groups excluding carboxylic acids is 1. The third kappa shape index (κ3) is 3.38. The second-order valence-electron chi connectivity index (χ2n) is 3.89. The summed E-state index contributed by atoms with van der Waals surface area (Å²) < 4.78 is 36.2. The number of rotatable bonds is 4. The summed E-state index contributed by atoms with van der Waals surface area (Å²) in [5.74, 6) is -0.588. The number of halogens is 3. The molecule has 1 fully saturated rings. The zero-order valence-corrected chi connectivity index (χ0v) is 8.69. The van der Waals surface area contributed by atoms with Crippen LogP contribution in [-0.4, -0.2) is 30.2 Å². The van der Waals surface area contributed by atoms with E-state index >= 15 is 0 Å². The van der Waals surface area contributed by atoms with Crippen molar-refractivity contribution in [1.29, 1.82) is 5.26 Å². The molecule has 0 spiro atoms. The number of hydrogen-bond donors (Lipinski definition) is 2. The Morgan fingerprint density at radius 3 is 2.50 bits per heavy atom. The number of hydrogen-bond acceptors (Lipinski definition) is 3. The number of alkyl halides is 3. The molecule has 90 valence electrons. The second kappa shape index (κ2) is 4.29. The first-order valence-electron chi connectivity index (χ1n) is 4.81. The van der Waals surface area contributed by atoms with E-state index in [9.17, 15) is 18.0 Å². The highest BCUT2D eigenvalue weighted by Crippen LogP contribution is 2.34. The maximum Gasteiger partial charge on any atom is 0.403 e. The molecule has 0 aromatic rings. The monoisotopic (exact) mass is 235 g/mol.